The van der Waals surface area contributed by atoms with Crippen LogP contribution in [-0.2, 0) is 6.54 Å². The van der Waals surface area contributed by atoms with E-state index in [0.717, 1.165) is 11.4 Å². The van der Waals surface area contributed by atoms with Crippen LogP contribution < -0.4 is 0 Å². The highest BCUT2D eigenvalue weighted by molar-refractivity contribution is 5.28. The molecule has 0 fully saturated rings. The van der Waals surface area contributed by atoms with Gasteiger partial charge in [0.25, 0.3) is 0 Å². The largest absolute Gasteiger partial charge is 0.385 e. The number of aliphatic hydroxyl groups excluding tert-OH is 1. The Labute approximate surface area is 116 Å². The molecule has 6 nitrogen and oxygen atoms in total. The Bertz CT molecular complexity index is 686. The first-order valence-electron chi connectivity index (χ1n) is 6.40. The number of nitrogens with zero attached hydrogens (tertiary/aromatic N) is 5. The van der Waals surface area contributed by atoms with E-state index >= 15 is 0 Å². The van der Waals surface area contributed by atoms with Gasteiger partial charge in [-0.05, 0) is 19.1 Å². The van der Waals surface area contributed by atoms with Crippen LogP contribution >= 0.6 is 0 Å². The van der Waals surface area contributed by atoms with E-state index in [4.69, 9.17) is 0 Å². The molecule has 2 aromatic heterocycles. The van der Waals surface area contributed by atoms with E-state index in [1.165, 1.54) is 0 Å². The van der Waals surface area contributed by atoms with Gasteiger partial charge in [0.1, 0.15) is 17.6 Å². The first-order valence-corrected chi connectivity index (χ1v) is 6.40. The Balaban J connectivity index is 1.83. The molecular formula is C14H15N5O. The van der Waals surface area contributed by atoms with Gasteiger partial charge < -0.3 is 9.67 Å². The van der Waals surface area contributed by atoms with Crippen molar-refractivity contribution in [3.8, 4) is 5.69 Å². The van der Waals surface area contributed by atoms with Gasteiger partial charge in [0, 0.05) is 12.4 Å². The smallest absolute Gasteiger partial charge is 0.137 e. The quantitative estimate of drug-likeness (QED) is 0.780. The van der Waals surface area contributed by atoms with Crippen LogP contribution in [0.25, 0.3) is 5.69 Å². The van der Waals surface area contributed by atoms with Crippen molar-refractivity contribution in [2.24, 2.45) is 0 Å². The summed E-state index contributed by atoms with van der Waals surface area (Å²) in [6.07, 6.45) is 4.61. The lowest BCUT2D eigenvalue weighted by molar-refractivity contribution is 0.184. The summed E-state index contributed by atoms with van der Waals surface area (Å²) in [6, 6.07) is 9.73. The molecule has 1 aromatic carbocycles. The molecule has 0 aliphatic rings. The maximum atomic E-state index is 9.63. The molecule has 0 saturated heterocycles. The second-order valence-electron chi connectivity index (χ2n) is 4.55. The van der Waals surface area contributed by atoms with Crippen molar-refractivity contribution in [3.05, 3.63) is 60.4 Å². The van der Waals surface area contributed by atoms with E-state index in [1.54, 1.807) is 24.1 Å². The van der Waals surface area contributed by atoms with Crippen LogP contribution in [0.1, 0.15) is 24.5 Å². The summed E-state index contributed by atoms with van der Waals surface area (Å²) < 4.78 is 1.87. The summed E-state index contributed by atoms with van der Waals surface area (Å²) >= 11 is 0. The van der Waals surface area contributed by atoms with Crippen LogP contribution in [0.5, 0.6) is 0 Å². The van der Waals surface area contributed by atoms with Gasteiger partial charge in [0.05, 0.1) is 18.4 Å². The molecule has 1 N–H and O–H groups in total. The number of hydrogen-bond acceptors (Lipinski definition) is 4. The predicted octanol–water partition coefficient (Wildman–Crippen LogP) is 1.57. The standard InChI is InChI=1S/C14H15N5O/c1-11(20)14-15-7-8-18(14)10-12-9-16-19(17-12)13-5-3-2-4-6-13/h2-9,11,20H,10H2,1H3. The number of rotatable bonds is 4. The van der Waals surface area contributed by atoms with E-state index in [9.17, 15) is 5.11 Å². The molecule has 3 aromatic rings. The second-order valence-corrected chi connectivity index (χ2v) is 4.55. The Morgan fingerprint density at radius 3 is 2.80 bits per heavy atom. The average molecular weight is 269 g/mol. The molecule has 20 heavy (non-hydrogen) atoms. The van der Waals surface area contributed by atoms with Gasteiger partial charge in [-0.25, -0.2) is 4.98 Å². The highest BCUT2D eigenvalue weighted by Gasteiger charge is 2.10. The number of imidazole rings is 1. The number of aromatic nitrogens is 5. The Hall–Kier alpha value is -2.47. The molecule has 0 amide bonds. The van der Waals surface area contributed by atoms with E-state index in [-0.39, 0.29) is 0 Å². The minimum absolute atomic E-state index is 0.535. The Morgan fingerprint density at radius 2 is 2.05 bits per heavy atom. The molecule has 6 heteroatoms. The fraction of sp³-hybridized carbons (Fsp3) is 0.214. The molecule has 2 heterocycles. The Morgan fingerprint density at radius 1 is 1.25 bits per heavy atom. The van der Waals surface area contributed by atoms with Gasteiger partial charge in [-0.3, -0.25) is 0 Å². The second kappa shape index (κ2) is 5.26. The summed E-state index contributed by atoms with van der Waals surface area (Å²) in [6.45, 7) is 2.23. The summed E-state index contributed by atoms with van der Waals surface area (Å²) in [5.74, 6) is 0.624. The highest BCUT2D eigenvalue weighted by Crippen LogP contribution is 2.11. The van der Waals surface area contributed by atoms with Gasteiger partial charge in [-0.2, -0.15) is 15.0 Å². The van der Waals surface area contributed by atoms with Gasteiger partial charge in [0.2, 0.25) is 0 Å². The molecule has 0 aliphatic heterocycles. The van der Waals surface area contributed by atoms with Gasteiger partial charge >= 0.3 is 0 Å². The normalized spacial score (nSPS) is 12.5. The predicted molar refractivity (Wildman–Crippen MR) is 73.3 cm³/mol. The molecule has 0 spiro atoms. The third-order valence-electron chi connectivity index (χ3n) is 2.98. The summed E-state index contributed by atoms with van der Waals surface area (Å²) in [7, 11) is 0. The van der Waals surface area contributed by atoms with Crippen LogP contribution in [-0.4, -0.2) is 29.7 Å². The average Bonchev–Trinajstić information content (AvgIpc) is 3.09. The first-order chi connectivity index (χ1) is 9.74. The third-order valence-corrected chi connectivity index (χ3v) is 2.98. The fourth-order valence-corrected chi connectivity index (χ4v) is 2.05. The third kappa shape index (κ3) is 2.46. The fourth-order valence-electron chi connectivity index (χ4n) is 2.05. The number of hydrogen-bond donors (Lipinski definition) is 1. The number of benzene rings is 1. The van der Waals surface area contributed by atoms with Crippen molar-refractivity contribution in [3.63, 3.8) is 0 Å². The molecular weight excluding hydrogens is 254 g/mol. The highest BCUT2D eigenvalue weighted by atomic mass is 16.3. The van der Waals surface area contributed by atoms with Crippen LogP contribution in [0.15, 0.2) is 48.9 Å². The zero-order valence-corrected chi connectivity index (χ0v) is 11.1. The summed E-state index contributed by atoms with van der Waals surface area (Å²) in [4.78, 5) is 5.73. The first kappa shape index (κ1) is 12.6. The van der Waals surface area contributed by atoms with Crippen molar-refractivity contribution in [1.29, 1.82) is 0 Å². The summed E-state index contributed by atoms with van der Waals surface area (Å²) in [5, 5.41) is 18.3. The van der Waals surface area contributed by atoms with E-state index in [0.29, 0.717) is 12.4 Å². The van der Waals surface area contributed by atoms with Crippen molar-refractivity contribution >= 4 is 0 Å². The van der Waals surface area contributed by atoms with Gasteiger partial charge in [-0.15, -0.1) is 0 Å². The monoisotopic (exact) mass is 269 g/mol. The molecule has 0 saturated carbocycles. The lowest BCUT2D eigenvalue weighted by atomic mass is 10.3. The maximum Gasteiger partial charge on any atom is 0.137 e. The van der Waals surface area contributed by atoms with Crippen molar-refractivity contribution in [2.45, 2.75) is 19.6 Å². The zero-order valence-electron chi connectivity index (χ0n) is 11.1. The SMILES string of the molecule is CC(O)c1nccn1Cc1cnn(-c2ccccc2)n1. The molecule has 0 aliphatic carbocycles. The van der Waals surface area contributed by atoms with E-state index < -0.39 is 6.10 Å². The van der Waals surface area contributed by atoms with Crippen LogP contribution in [0.2, 0.25) is 0 Å². The number of aliphatic hydroxyl groups is 1. The topological polar surface area (TPSA) is 68.8 Å². The molecule has 0 bridgehead atoms. The lowest BCUT2D eigenvalue weighted by Gasteiger charge is -2.07. The minimum atomic E-state index is -0.603. The van der Waals surface area contributed by atoms with E-state index in [1.807, 2.05) is 41.1 Å². The summed E-state index contributed by atoms with van der Waals surface area (Å²) in [5.41, 5.74) is 1.73. The molecule has 1 atom stereocenters. The Kier molecular flexibility index (Phi) is 3.30. The van der Waals surface area contributed by atoms with Gasteiger partial charge in [-0.1, -0.05) is 18.2 Å². The molecule has 102 valence electrons. The van der Waals surface area contributed by atoms with Crippen molar-refractivity contribution < 1.29 is 5.11 Å². The number of para-hydroxylation sites is 1. The maximum absolute atomic E-state index is 9.63. The van der Waals surface area contributed by atoms with Crippen molar-refractivity contribution in [2.75, 3.05) is 0 Å². The lowest BCUT2D eigenvalue weighted by Crippen LogP contribution is -2.08. The van der Waals surface area contributed by atoms with Crippen LogP contribution in [0.4, 0.5) is 0 Å². The zero-order chi connectivity index (χ0) is 13.9. The minimum Gasteiger partial charge on any atom is -0.385 e. The van der Waals surface area contributed by atoms with Crippen LogP contribution in [0.3, 0.4) is 0 Å². The van der Waals surface area contributed by atoms with E-state index in [2.05, 4.69) is 15.2 Å². The molecule has 0 radical (unpaired) electrons. The van der Waals surface area contributed by atoms with Crippen molar-refractivity contribution in [1.82, 2.24) is 24.5 Å². The van der Waals surface area contributed by atoms with Gasteiger partial charge in [0.15, 0.2) is 0 Å². The molecule has 3 rings (SSSR count). The van der Waals surface area contributed by atoms with Crippen LogP contribution in [0, 0.1) is 0 Å². The molecule has 1 unspecified atom stereocenters.